The fraction of sp³-hybridized carbons (Fsp3) is 0.269. The van der Waals surface area contributed by atoms with E-state index in [0.717, 1.165) is 11.1 Å². The fourth-order valence-corrected chi connectivity index (χ4v) is 4.13. The Balaban J connectivity index is 1.88. The van der Waals surface area contributed by atoms with Crippen molar-refractivity contribution in [2.75, 3.05) is 0 Å². The van der Waals surface area contributed by atoms with Crippen LogP contribution in [0.4, 0.5) is 0 Å². The van der Waals surface area contributed by atoms with E-state index in [1.165, 1.54) is 39.0 Å². The number of carbonyl (C=O) groups excluding carboxylic acids is 1. The van der Waals surface area contributed by atoms with Crippen LogP contribution in [0.5, 0.6) is 0 Å². The molecule has 0 radical (unpaired) electrons. The Bertz CT molecular complexity index is 1150. The molecule has 33 heavy (non-hydrogen) atoms. The van der Waals surface area contributed by atoms with Crippen molar-refractivity contribution < 1.29 is 34.8 Å². The molecule has 172 valence electrons. The molecule has 0 amide bonds. The van der Waals surface area contributed by atoms with Gasteiger partial charge in [-0.15, -0.1) is 0 Å². The summed E-state index contributed by atoms with van der Waals surface area (Å²) in [6.07, 6.45) is 4.34. The average Bonchev–Trinajstić information content (AvgIpc) is 2.73. The fourth-order valence-electron chi connectivity index (χ4n) is 4.13. The van der Waals surface area contributed by atoms with Crippen molar-refractivity contribution in [1.29, 1.82) is 0 Å². The molecule has 0 aromatic heterocycles. The highest BCUT2D eigenvalue weighted by atomic mass is 16.4. The van der Waals surface area contributed by atoms with Crippen LogP contribution >= 0.6 is 0 Å². The minimum Gasteiger partial charge on any atom is -0.480 e. The maximum Gasteiger partial charge on any atom is 0.334 e. The molecule has 7 heteroatoms. The van der Waals surface area contributed by atoms with Gasteiger partial charge in [-0.3, -0.25) is 9.59 Å². The third kappa shape index (κ3) is 4.25. The molecule has 0 spiro atoms. The van der Waals surface area contributed by atoms with Crippen LogP contribution in [0.3, 0.4) is 0 Å². The van der Waals surface area contributed by atoms with Crippen LogP contribution in [0.2, 0.25) is 0 Å². The minimum absolute atomic E-state index is 0.248. The smallest absolute Gasteiger partial charge is 0.334 e. The number of Topliss-reactive ketones (excluding diaryl/α,β-unsaturated/α-hetero) is 1. The zero-order valence-electron chi connectivity index (χ0n) is 18.6. The van der Waals surface area contributed by atoms with Crippen LogP contribution < -0.4 is 0 Å². The molecule has 0 aliphatic heterocycles. The third-order valence-electron chi connectivity index (χ3n) is 6.06. The monoisotopic (exact) mass is 450 g/mol. The van der Waals surface area contributed by atoms with Crippen molar-refractivity contribution in [3.63, 3.8) is 0 Å². The van der Waals surface area contributed by atoms with E-state index in [0.29, 0.717) is 12.0 Å². The van der Waals surface area contributed by atoms with Crippen molar-refractivity contribution in [3.8, 4) is 0 Å². The first-order valence-corrected chi connectivity index (χ1v) is 10.4. The number of rotatable bonds is 7. The number of carboxylic acid groups (broad SMARTS) is 2. The van der Waals surface area contributed by atoms with Crippen LogP contribution in [-0.4, -0.2) is 49.4 Å². The lowest BCUT2D eigenvalue weighted by atomic mass is 9.62. The molecule has 2 aromatic rings. The topological polar surface area (TPSA) is 132 Å². The normalized spacial score (nSPS) is 22.5. The highest BCUT2D eigenvalue weighted by molar-refractivity contribution is 6.01. The summed E-state index contributed by atoms with van der Waals surface area (Å²) < 4.78 is 0. The Hall–Kier alpha value is -3.55. The van der Waals surface area contributed by atoms with Crippen LogP contribution in [-0.2, 0) is 21.4 Å². The van der Waals surface area contributed by atoms with Gasteiger partial charge in [-0.2, -0.15) is 0 Å². The first-order valence-electron chi connectivity index (χ1n) is 10.4. The summed E-state index contributed by atoms with van der Waals surface area (Å²) in [6.45, 7) is 4.06. The number of carbonyl (C=O) groups is 3. The van der Waals surface area contributed by atoms with Crippen molar-refractivity contribution in [3.05, 3.63) is 94.6 Å². The van der Waals surface area contributed by atoms with Crippen LogP contribution in [0.1, 0.15) is 47.8 Å². The SMILES string of the molecule is CC(C)(O)C(=O)c1ccc(Cc2ccc(C3(C(=O)O)C=CC=C(C(=O)O)C3(C)O)cc2)cc1. The molecule has 0 saturated carbocycles. The molecule has 0 fully saturated rings. The second-order valence-electron chi connectivity index (χ2n) is 8.89. The highest BCUT2D eigenvalue weighted by Gasteiger charge is 2.57. The van der Waals surface area contributed by atoms with Crippen LogP contribution in [0.25, 0.3) is 0 Å². The number of aliphatic hydroxyl groups is 2. The third-order valence-corrected chi connectivity index (χ3v) is 6.06. The lowest BCUT2D eigenvalue weighted by molar-refractivity contribution is -0.151. The molecule has 1 aliphatic rings. The number of benzene rings is 2. The van der Waals surface area contributed by atoms with Gasteiger partial charge in [0.05, 0.1) is 5.57 Å². The van der Waals surface area contributed by atoms with E-state index in [9.17, 15) is 34.8 Å². The Labute approximate surface area is 191 Å². The molecule has 2 aromatic carbocycles. The van der Waals surface area contributed by atoms with Crippen LogP contribution in [0.15, 0.2) is 72.3 Å². The van der Waals surface area contributed by atoms with E-state index in [4.69, 9.17) is 0 Å². The predicted molar refractivity (Wildman–Crippen MR) is 121 cm³/mol. The summed E-state index contributed by atoms with van der Waals surface area (Å²) in [5.74, 6) is -3.13. The number of carboxylic acids is 2. The molecule has 3 rings (SSSR count). The van der Waals surface area contributed by atoms with E-state index in [1.54, 1.807) is 48.5 Å². The van der Waals surface area contributed by atoms with Gasteiger partial charge in [-0.05, 0) is 50.0 Å². The molecular formula is C26H26O7. The maximum absolute atomic E-state index is 12.3. The first kappa shape index (κ1) is 24.1. The average molecular weight is 450 g/mol. The predicted octanol–water partition coefficient (Wildman–Crippen LogP) is 2.89. The van der Waals surface area contributed by atoms with Gasteiger partial charge in [0.1, 0.15) is 16.6 Å². The molecule has 7 nitrogen and oxygen atoms in total. The first-order chi connectivity index (χ1) is 15.3. The van der Waals surface area contributed by atoms with Crippen LogP contribution in [0, 0.1) is 0 Å². The van der Waals surface area contributed by atoms with Gasteiger partial charge in [-0.1, -0.05) is 60.7 Å². The molecule has 2 unspecified atom stereocenters. The van der Waals surface area contributed by atoms with Gasteiger partial charge in [0.25, 0.3) is 0 Å². The Kier molecular flexibility index (Phi) is 6.15. The maximum atomic E-state index is 12.3. The largest absolute Gasteiger partial charge is 0.480 e. The summed E-state index contributed by atoms with van der Waals surface area (Å²) in [4.78, 5) is 36.1. The van der Waals surface area contributed by atoms with E-state index < -0.39 is 34.1 Å². The van der Waals surface area contributed by atoms with Gasteiger partial charge >= 0.3 is 11.9 Å². The number of hydrogen-bond donors (Lipinski definition) is 4. The minimum atomic E-state index is -2.18. The quantitative estimate of drug-likeness (QED) is 0.477. The van der Waals surface area contributed by atoms with Crippen molar-refractivity contribution >= 4 is 17.7 Å². The van der Waals surface area contributed by atoms with Gasteiger partial charge < -0.3 is 20.4 Å². The number of allylic oxidation sites excluding steroid dienone is 2. The Morgan fingerprint density at radius 2 is 1.42 bits per heavy atom. The molecule has 0 heterocycles. The Morgan fingerprint density at radius 1 is 0.909 bits per heavy atom. The standard InChI is InChI=1S/C26H26O7/c1-24(2,32)21(27)18-10-6-16(7-11-18)15-17-8-12-19(13-9-17)26(23(30)31)14-4-5-20(22(28)29)25(26,3)33/h4-14,32-33H,15H2,1-3H3,(H,28,29)(H,30,31). The van der Waals surface area contributed by atoms with Crippen molar-refractivity contribution in [1.82, 2.24) is 0 Å². The highest BCUT2D eigenvalue weighted by Crippen LogP contribution is 2.44. The second kappa shape index (κ2) is 8.42. The molecular weight excluding hydrogens is 424 g/mol. The van der Waals surface area contributed by atoms with Crippen molar-refractivity contribution in [2.24, 2.45) is 0 Å². The summed E-state index contributed by atoms with van der Waals surface area (Å²) in [5.41, 5.74) is -3.59. The molecule has 2 atom stereocenters. The zero-order valence-corrected chi connectivity index (χ0v) is 18.6. The van der Waals surface area contributed by atoms with E-state index >= 15 is 0 Å². The summed E-state index contributed by atoms with van der Waals surface area (Å²) in [5, 5.41) is 40.4. The summed E-state index contributed by atoms with van der Waals surface area (Å²) in [7, 11) is 0. The number of ketones is 1. The lowest BCUT2D eigenvalue weighted by Gasteiger charge is -2.42. The Morgan fingerprint density at radius 3 is 1.88 bits per heavy atom. The van der Waals surface area contributed by atoms with E-state index in [-0.39, 0.29) is 11.3 Å². The number of hydrogen-bond acceptors (Lipinski definition) is 5. The van der Waals surface area contributed by atoms with Gasteiger partial charge in [0, 0.05) is 5.56 Å². The van der Waals surface area contributed by atoms with E-state index in [2.05, 4.69) is 0 Å². The van der Waals surface area contributed by atoms with Gasteiger partial charge in [0.2, 0.25) is 0 Å². The van der Waals surface area contributed by atoms with Gasteiger partial charge in [-0.25, -0.2) is 4.79 Å². The summed E-state index contributed by atoms with van der Waals surface area (Å²) >= 11 is 0. The second-order valence-corrected chi connectivity index (χ2v) is 8.89. The van der Waals surface area contributed by atoms with Crippen molar-refractivity contribution in [2.45, 2.75) is 43.8 Å². The number of aliphatic carboxylic acids is 2. The molecule has 0 saturated heterocycles. The molecule has 1 aliphatic carbocycles. The van der Waals surface area contributed by atoms with E-state index in [1.807, 2.05) is 0 Å². The summed E-state index contributed by atoms with van der Waals surface area (Å²) in [6, 6.07) is 13.4. The lowest BCUT2D eigenvalue weighted by Crippen LogP contribution is -2.57. The molecule has 0 bridgehead atoms. The molecule has 4 N–H and O–H groups in total. The zero-order chi connectivity index (χ0) is 24.6. The van der Waals surface area contributed by atoms with Gasteiger partial charge in [0.15, 0.2) is 5.78 Å².